The highest BCUT2D eigenvalue weighted by Gasteiger charge is 2.41. The smallest absolute Gasteiger partial charge is 0.294 e. The van der Waals surface area contributed by atoms with Crippen LogP contribution in [0, 0.1) is 11.3 Å². The standard InChI is InChI=1S/C17H21F3O/c1-12(2)11-16(9-3-4-10-16)15(21)13-5-7-14(8-6-13)17(18,19)20/h5-8,12H,3-4,9-11H2,1-2H3. The Kier molecular flexibility index (Phi) is 4.45. The van der Waals surface area contributed by atoms with Gasteiger partial charge < -0.3 is 0 Å². The summed E-state index contributed by atoms with van der Waals surface area (Å²) in [5.74, 6) is 0.420. The van der Waals surface area contributed by atoms with E-state index in [0.717, 1.165) is 44.2 Å². The van der Waals surface area contributed by atoms with Gasteiger partial charge in [-0.15, -0.1) is 0 Å². The molecule has 0 spiro atoms. The number of rotatable bonds is 4. The van der Waals surface area contributed by atoms with E-state index in [-0.39, 0.29) is 11.2 Å². The van der Waals surface area contributed by atoms with Crippen molar-refractivity contribution in [2.24, 2.45) is 11.3 Å². The van der Waals surface area contributed by atoms with Crippen LogP contribution in [-0.4, -0.2) is 5.78 Å². The zero-order valence-electron chi connectivity index (χ0n) is 12.5. The van der Waals surface area contributed by atoms with E-state index in [1.807, 2.05) is 0 Å². The Labute approximate surface area is 123 Å². The monoisotopic (exact) mass is 298 g/mol. The van der Waals surface area contributed by atoms with E-state index < -0.39 is 11.7 Å². The highest BCUT2D eigenvalue weighted by Crippen LogP contribution is 2.45. The second-order valence-electron chi connectivity index (χ2n) is 6.49. The molecule has 0 aliphatic heterocycles. The molecule has 0 radical (unpaired) electrons. The normalized spacial score (nSPS) is 18.2. The number of Topliss-reactive ketones (excluding diaryl/α,β-unsaturated/α-hetero) is 1. The largest absolute Gasteiger partial charge is 0.416 e. The van der Waals surface area contributed by atoms with Gasteiger partial charge in [0.05, 0.1) is 5.56 Å². The minimum absolute atomic E-state index is 0.0161. The first-order valence-electron chi connectivity index (χ1n) is 7.47. The summed E-state index contributed by atoms with van der Waals surface area (Å²) in [5, 5.41) is 0. The Morgan fingerprint density at radius 2 is 1.67 bits per heavy atom. The molecule has 21 heavy (non-hydrogen) atoms. The highest BCUT2D eigenvalue weighted by atomic mass is 19.4. The van der Waals surface area contributed by atoms with Crippen LogP contribution < -0.4 is 0 Å². The number of carbonyl (C=O) groups is 1. The lowest BCUT2D eigenvalue weighted by molar-refractivity contribution is -0.137. The summed E-state index contributed by atoms with van der Waals surface area (Å²) in [5.41, 5.74) is -0.664. The van der Waals surface area contributed by atoms with Gasteiger partial charge in [0.2, 0.25) is 0 Å². The summed E-state index contributed by atoms with van der Waals surface area (Å²) >= 11 is 0. The van der Waals surface area contributed by atoms with Crippen molar-refractivity contribution in [3.63, 3.8) is 0 Å². The van der Waals surface area contributed by atoms with Crippen molar-refractivity contribution in [2.75, 3.05) is 0 Å². The van der Waals surface area contributed by atoms with Crippen LogP contribution >= 0.6 is 0 Å². The molecular weight excluding hydrogens is 277 g/mol. The molecule has 0 heterocycles. The average molecular weight is 298 g/mol. The fourth-order valence-corrected chi connectivity index (χ4v) is 3.47. The van der Waals surface area contributed by atoms with Gasteiger partial charge in [0.1, 0.15) is 0 Å². The molecule has 0 aromatic heterocycles. The average Bonchev–Trinajstić information content (AvgIpc) is 2.86. The Morgan fingerprint density at radius 1 is 1.14 bits per heavy atom. The number of hydrogen-bond donors (Lipinski definition) is 0. The van der Waals surface area contributed by atoms with Crippen LogP contribution in [0.15, 0.2) is 24.3 Å². The molecule has 0 bridgehead atoms. The van der Waals surface area contributed by atoms with Crippen LogP contribution in [0.4, 0.5) is 13.2 Å². The maximum atomic E-state index is 12.8. The quantitative estimate of drug-likeness (QED) is 0.671. The maximum absolute atomic E-state index is 12.8. The van der Waals surface area contributed by atoms with Crippen LogP contribution in [0.5, 0.6) is 0 Å². The van der Waals surface area contributed by atoms with Gasteiger partial charge in [-0.25, -0.2) is 0 Å². The predicted molar refractivity (Wildman–Crippen MR) is 76.1 cm³/mol. The first-order chi connectivity index (χ1) is 9.74. The minimum atomic E-state index is -4.36. The van der Waals surface area contributed by atoms with Crippen molar-refractivity contribution < 1.29 is 18.0 Å². The van der Waals surface area contributed by atoms with Crippen molar-refractivity contribution in [2.45, 2.75) is 52.1 Å². The van der Waals surface area contributed by atoms with Crippen LogP contribution in [-0.2, 0) is 6.18 Å². The van der Waals surface area contributed by atoms with Gasteiger partial charge in [0, 0.05) is 11.0 Å². The van der Waals surface area contributed by atoms with E-state index in [0.29, 0.717) is 11.5 Å². The lowest BCUT2D eigenvalue weighted by atomic mass is 9.73. The van der Waals surface area contributed by atoms with Crippen molar-refractivity contribution in [1.82, 2.24) is 0 Å². The molecule has 116 valence electrons. The Hall–Kier alpha value is -1.32. The molecule has 2 rings (SSSR count). The second-order valence-corrected chi connectivity index (χ2v) is 6.49. The Bertz CT molecular complexity index is 494. The third kappa shape index (κ3) is 3.47. The van der Waals surface area contributed by atoms with Crippen LogP contribution in [0.2, 0.25) is 0 Å². The highest BCUT2D eigenvalue weighted by molar-refractivity contribution is 6.00. The molecule has 1 aliphatic rings. The van der Waals surface area contributed by atoms with Crippen LogP contribution in [0.25, 0.3) is 0 Å². The zero-order chi connectivity index (χ0) is 15.7. The number of halogens is 3. The molecule has 1 aromatic rings. The Balaban J connectivity index is 2.25. The molecule has 1 aliphatic carbocycles. The first kappa shape index (κ1) is 16.1. The second kappa shape index (κ2) is 5.82. The molecule has 4 heteroatoms. The SMILES string of the molecule is CC(C)CC1(C(=O)c2ccc(C(F)(F)F)cc2)CCCC1. The predicted octanol–water partition coefficient (Wildman–Crippen LogP) is 5.49. The van der Waals surface area contributed by atoms with Gasteiger partial charge in [0.15, 0.2) is 5.78 Å². The van der Waals surface area contributed by atoms with E-state index in [1.54, 1.807) is 0 Å². The molecule has 0 N–H and O–H groups in total. The van der Waals surface area contributed by atoms with E-state index in [9.17, 15) is 18.0 Å². The van der Waals surface area contributed by atoms with E-state index >= 15 is 0 Å². The van der Waals surface area contributed by atoms with Crippen molar-refractivity contribution in [1.29, 1.82) is 0 Å². The molecule has 0 saturated heterocycles. The van der Waals surface area contributed by atoms with Crippen LogP contribution in [0.3, 0.4) is 0 Å². The third-order valence-electron chi connectivity index (χ3n) is 4.32. The van der Waals surface area contributed by atoms with Crippen molar-refractivity contribution >= 4 is 5.78 Å². The third-order valence-corrected chi connectivity index (χ3v) is 4.32. The maximum Gasteiger partial charge on any atom is 0.416 e. The summed E-state index contributed by atoms with van der Waals surface area (Å²) in [4.78, 5) is 12.8. The molecule has 0 unspecified atom stereocenters. The first-order valence-corrected chi connectivity index (χ1v) is 7.47. The number of hydrogen-bond acceptors (Lipinski definition) is 1. The van der Waals surface area contributed by atoms with Crippen LogP contribution in [0.1, 0.15) is 61.9 Å². The fourth-order valence-electron chi connectivity index (χ4n) is 3.47. The van der Waals surface area contributed by atoms with Crippen molar-refractivity contribution in [3.05, 3.63) is 35.4 Å². The molecule has 1 nitrogen and oxygen atoms in total. The molecule has 1 fully saturated rings. The zero-order valence-corrected chi connectivity index (χ0v) is 12.5. The van der Waals surface area contributed by atoms with Gasteiger partial charge >= 0.3 is 6.18 Å². The number of alkyl halides is 3. The summed E-state index contributed by atoms with van der Waals surface area (Å²) in [6, 6.07) is 4.66. The topological polar surface area (TPSA) is 17.1 Å². The lowest BCUT2D eigenvalue weighted by Crippen LogP contribution is -2.30. The lowest BCUT2D eigenvalue weighted by Gasteiger charge is -2.29. The molecule has 0 atom stereocenters. The molecular formula is C17H21F3O. The summed E-state index contributed by atoms with van der Waals surface area (Å²) in [7, 11) is 0. The number of ketones is 1. The van der Waals surface area contributed by atoms with Gasteiger partial charge in [-0.2, -0.15) is 13.2 Å². The fraction of sp³-hybridized carbons (Fsp3) is 0.588. The molecule has 1 saturated carbocycles. The van der Waals surface area contributed by atoms with Crippen molar-refractivity contribution in [3.8, 4) is 0 Å². The van der Waals surface area contributed by atoms with Gasteiger partial charge in [-0.1, -0.05) is 38.8 Å². The number of carbonyl (C=O) groups excluding carboxylic acids is 1. The molecule has 0 amide bonds. The van der Waals surface area contributed by atoms with Gasteiger partial charge in [-0.3, -0.25) is 4.79 Å². The summed E-state index contributed by atoms with van der Waals surface area (Å²) in [6.45, 7) is 4.17. The number of benzene rings is 1. The summed E-state index contributed by atoms with van der Waals surface area (Å²) < 4.78 is 37.8. The minimum Gasteiger partial charge on any atom is -0.294 e. The Morgan fingerprint density at radius 3 is 2.10 bits per heavy atom. The van der Waals surface area contributed by atoms with Gasteiger partial charge in [-0.05, 0) is 37.3 Å². The summed E-state index contributed by atoms with van der Waals surface area (Å²) in [6.07, 6.45) is 0.214. The van der Waals surface area contributed by atoms with E-state index in [2.05, 4.69) is 13.8 Å². The van der Waals surface area contributed by atoms with E-state index in [4.69, 9.17) is 0 Å². The molecule has 1 aromatic carbocycles. The van der Waals surface area contributed by atoms with Gasteiger partial charge in [0.25, 0.3) is 0 Å². The van der Waals surface area contributed by atoms with E-state index in [1.165, 1.54) is 12.1 Å².